The number of hydrogen-bond donors (Lipinski definition) is 3. The van der Waals surface area contributed by atoms with Crippen molar-refractivity contribution in [3.63, 3.8) is 0 Å². The van der Waals surface area contributed by atoms with Crippen molar-refractivity contribution in [1.29, 1.82) is 0 Å². The van der Waals surface area contributed by atoms with Gasteiger partial charge in [0, 0.05) is 6.20 Å². The molecule has 1 heterocycles. The number of thiol groups is 2. The van der Waals surface area contributed by atoms with Gasteiger partial charge in [-0.15, -0.1) is 23.3 Å². The maximum absolute atomic E-state index is 11.9. The first-order valence-corrected chi connectivity index (χ1v) is 4.85. The van der Waals surface area contributed by atoms with E-state index in [2.05, 4.69) is 33.3 Å². The Labute approximate surface area is 92.8 Å². The Morgan fingerprint density at radius 1 is 1.40 bits per heavy atom. The van der Waals surface area contributed by atoms with Gasteiger partial charge < -0.3 is 5.11 Å². The Kier molecular flexibility index (Phi) is 5.44. The van der Waals surface area contributed by atoms with E-state index in [1.165, 1.54) is 0 Å². The maximum Gasteiger partial charge on any atom is 0.451 e. The van der Waals surface area contributed by atoms with Gasteiger partial charge in [0.25, 0.3) is 0 Å². The van der Waals surface area contributed by atoms with Gasteiger partial charge in [-0.05, 0) is 6.07 Å². The second-order valence-corrected chi connectivity index (χ2v) is 2.07. The number of aromatic nitrogens is 2. The predicted molar refractivity (Wildman–Crippen MR) is 52.0 cm³/mol. The number of carboxylic acids is 1. The molecule has 1 aromatic heterocycles. The molecule has 4 nitrogen and oxygen atoms in total. The van der Waals surface area contributed by atoms with Crippen LogP contribution in [0.25, 0.3) is 0 Å². The summed E-state index contributed by atoms with van der Waals surface area (Å²) in [6, 6.07) is 0.886. The molecule has 0 aliphatic rings. The highest BCUT2D eigenvalue weighted by Gasteiger charge is 2.35. The molecule has 9 heteroatoms. The zero-order valence-corrected chi connectivity index (χ0v) is 8.72. The summed E-state index contributed by atoms with van der Waals surface area (Å²) in [5.41, 5.74) is -0.678. The fourth-order valence-corrected chi connectivity index (χ4v) is 0.614. The number of alkyl halides is 3. The van der Waals surface area contributed by atoms with E-state index in [-0.39, 0.29) is 0 Å². The normalized spacial score (nSPS) is 10.2. The van der Waals surface area contributed by atoms with Crippen molar-refractivity contribution in [2.75, 3.05) is 0 Å². The molecule has 0 atom stereocenters. The first kappa shape index (κ1) is 14.0. The maximum atomic E-state index is 11.9. The van der Waals surface area contributed by atoms with Gasteiger partial charge in [-0.25, -0.2) is 14.8 Å². The molecule has 1 N–H and O–H groups in total. The third-order valence-corrected chi connectivity index (χ3v) is 1.13. The summed E-state index contributed by atoms with van der Waals surface area (Å²) in [5, 5.41) is 8.32. The molecule has 0 unspecified atom stereocenters. The highest BCUT2D eigenvalue weighted by atomic mass is 33.1. The zero-order chi connectivity index (χ0) is 12.1. The number of hydrogen-bond acceptors (Lipinski definition) is 5. The van der Waals surface area contributed by atoms with Crippen LogP contribution in [0, 0.1) is 0 Å². The average molecular weight is 258 g/mol. The second-order valence-electron chi connectivity index (χ2n) is 2.07. The van der Waals surface area contributed by atoms with Crippen LogP contribution < -0.4 is 0 Å². The van der Waals surface area contributed by atoms with Crippen molar-refractivity contribution < 1.29 is 23.1 Å². The van der Waals surface area contributed by atoms with Crippen LogP contribution in [0.3, 0.4) is 0 Å². The Balaban J connectivity index is 0.000000921. The molecule has 0 bridgehead atoms. The van der Waals surface area contributed by atoms with Crippen molar-refractivity contribution in [2.45, 2.75) is 6.18 Å². The number of aromatic carboxylic acids is 1. The summed E-state index contributed by atoms with van der Waals surface area (Å²) in [4.78, 5) is 15.9. The van der Waals surface area contributed by atoms with Crippen molar-refractivity contribution in [3.8, 4) is 0 Å². The van der Waals surface area contributed by atoms with Crippen LogP contribution in [-0.2, 0) is 6.18 Å². The van der Waals surface area contributed by atoms with Gasteiger partial charge in [-0.3, -0.25) is 0 Å². The largest absolute Gasteiger partial charge is 0.477 e. The summed E-state index contributed by atoms with van der Waals surface area (Å²) in [7, 11) is 0. The molecule has 0 saturated carbocycles. The predicted octanol–water partition coefficient (Wildman–Crippen LogP) is 1.95. The lowest BCUT2D eigenvalue weighted by Gasteiger charge is -2.03. The number of halogens is 3. The lowest BCUT2D eigenvalue weighted by molar-refractivity contribution is -0.145. The summed E-state index contributed by atoms with van der Waals surface area (Å²) >= 11 is 6.44. The number of carboxylic acid groups (broad SMARTS) is 1. The third-order valence-electron chi connectivity index (χ3n) is 1.13. The molecular formula is C6H5F3N2O2S2. The molecule has 0 aromatic carbocycles. The van der Waals surface area contributed by atoms with Gasteiger partial charge in [-0.1, -0.05) is 0 Å². The Bertz CT molecular complexity index is 345. The summed E-state index contributed by atoms with van der Waals surface area (Å²) < 4.78 is 35.7. The van der Waals surface area contributed by atoms with Crippen molar-refractivity contribution >= 4 is 29.3 Å². The lowest BCUT2D eigenvalue weighted by atomic mass is 10.4. The quantitative estimate of drug-likeness (QED) is 0.532. The van der Waals surface area contributed by atoms with Crippen LogP contribution >= 0.6 is 23.3 Å². The average Bonchev–Trinajstić information content (AvgIpc) is 2.20. The zero-order valence-electron chi connectivity index (χ0n) is 6.93. The van der Waals surface area contributed by atoms with E-state index in [9.17, 15) is 18.0 Å². The second kappa shape index (κ2) is 5.81. The van der Waals surface area contributed by atoms with Crippen LogP contribution in [0.2, 0.25) is 0 Å². The first-order valence-electron chi connectivity index (χ1n) is 3.25. The number of nitrogens with zero attached hydrogens (tertiary/aromatic N) is 2. The van der Waals surface area contributed by atoms with Crippen LogP contribution in [0.15, 0.2) is 12.3 Å². The summed E-state index contributed by atoms with van der Waals surface area (Å²) in [6.45, 7) is 0. The SMILES string of the molecule is O=C(O)c1ccnc(C(F)(F)F)n1.SS. The molecule has 84 valence electrons. The van der Waals surface area contributed by atoms with E-state index < -0.39 is 23.7 Å². The van der Waals surface area contributed by atoms with E-state index in [0.29, 0.717) is 0 Å². The fourth-order valence-electron chi connectivity index (χ4n) is 0.614. The molecule has 0 fully saturated rings. The molecule has 0 amide bonds. The van der Waals surface area contributed by atoms with Crippen molar-refractivity contribution in [2.24, 2.45) is 0 Å². The minimum atomic E-state index is -4.72. The summed E-state index contributed by atoms with van der Waals surface area (Å²) in [5.74, 6) is -2.97. The van der Waals surface area contributed by atoms with E-state index >= 15 is 0 Å². The standard InChI is InChI=1S/C6H3F3N2O2.H2S2/c7-6(8,9)5-10-2-1-3(11-5)4(12)13;1-2/h1-2H,(H,12,13);1-2H. The van der Waals surface area contributed by atoms with E-state index in [0.717, 1.165) is 12.3 Å². The van der Waals surface area contributed by atoms with E-state index in [1.54, 1.807) is 0 Å². The molecule has 15 heavy (non-hydrogen) atoms. The minimum Gasteiger partial charge on any atom is -0.477 e. The van der Waals surface area contributed by atoms with Gasteiger partial charge in [0.2, 0.25) is 5.82 Å². The Morgan fingerprint density at radius 2 is 1.93 bits per heavy atom. The number of carbonyl (C=O) groups is 1. The molecule has 0 saturated heterocycles. The Hall–Kier alpha value is -0.960. The van der Waals surface area contributed by atoms with Gasteiger partial charge in [0.1, 0.15) is 0 Å². The minimum absolute atomic E-state index is 0.678. The molecule has 0 aliphatic heterocycles. The van der Waals surface area contributed by atoms with Crippen LogP contribution in [0.5, 0.6) is 0 Å². The highest BCUT2D eigenvalue weighted by molar-refractivity contribution is 8.59. The molecule has 1 aromatic rings. The van der Waals surface area contributed by atoms with Crippen LogP contribution in [-0.4, -0.2) is 21.0 Å². The Morgan fingerprint density at radius 3 is 2.33 bits per heavy atom. The third kappa shape index (κ3) is 4.38. The number of rotatable bonds is 1. The van der Waals surface area contributed by atoms with Gasteiger partial charge >= 0.3 is 12.1 Å². The molecule has 1 rings (SSSR count). The van der Waals surface area contributed by atoms with Crippen LogP contribution in [0.4, 0.5) is 13.2 Å². The molecule has 0 spiro atoms. The topological polar surface area (TPSA) is 63.1 Å². The summed E-state index contributed by atoms with van der Waals surface area (Å²) in [6.07, 6.45) is -3.97. The molecular weight excluding hydrogens is 253 g/mol. The first-order chi connectivity index (χ1) is 6.91. The monoisotopic (exact) mass is 258 g/mol. The lowest BCUT2D eigenvalue weighted by Crippen LogP contribution is -2.13. The van der Waals surface area contributed by atoms with Crippen molar-refractivity contribution in [1.82, 2.24) is 9.97 Å². The fraction of sp³-hybridized carbons (Fsp3) is 0.167. The van der Waals surface area contributed by atoms with Gasteiger partial charge in [-0.2, -0.15) is 13.2 Å². The molecule has 0 aliphatic carbocycles. The van der Waals surface area contributed by atoms with E-state index in [4.69, 9.17) is 5.11 Å². The van der Waals surface area contributed by atoms with Crippen LogP contribution in [0.1, 0.15) is 16.3 Å². The van der Waals surface area contributed by atoms with Crippen molar-refractivity contribution in [3.05, 3.63) is 23.8 Å². The molecule has 0 radical (unpaired) electrons. The van der Waals surface area contributed by atoms with Gasteiger partial charge in [0.05, 0.1) is 0 Å². The van der Waals surface area contributed by atoms with E-state index in [1.807, 2.05) is 0 Å². The van der Waals surface area contributed by atoms with Gasteiger partial charge in [0.15, 0.2) is 5.69 Å². The smallest absolute Gasteiger partial charge is 0.451 e. The highest BCUT2D eigenvalue weighted by Crippen LogP contribution is 2.25.